The Hall–Kier alpha value is -3.55. The number of ether oxygens (including phenoxy) is 1. The van der Waals surface area contributed by atoms with E-state index in [4.69, 9.17) is 9.26 Å². The minimum Gasteiger partial charge on any atom is -0.386 e. The molecule has 0 aliphatic carbocycles. The minimum atomic E-state index is -0.952. The zero-order valence-corrected chi connectivity index (χ0v) is 20.0. The molecule has 1 saturated heterocycles. The Kier molecular flexibility index (Phi) is 6.36. The lowest BCUT2D eigenvalue weighted by Gasteiger charge is -2.22. The zero-order valence-electron chi connectivity index (χ0n) is 20.0. The van der Waals surface area contributed by atoms with Crippen LogP contribution >= 0.6 is 0 Å². The second kappa shape index (κ2) is 9.60. The predicted octanol–water partition coefficient (Wildman–Crippen LogP) is 4.74. The van der Waals surface area contributed by atoms with Crippen molar-refractivity contribution in [3.63, 3.8) is 0 Å². The van der Waals surface area contributed by atoms with Gasteiger partial charge in [0.2, 0.25) is 5.82 Å². The van der Waals surface area contributed by atoms with Gasteiger partial charge in [0, 0.05) is 36.6 Å². The molecule has 0 bridgehead atoms. The van der Waals surface area contributed by atoms with Crippen molar-refractivity contribution in [2.24, 2.45) is 0 Å². The molecule has 0 atom stereocenters. The maximum absolute atomic E-state index is 12.5. The molecule has 1 N–H and O–H groups in total. The number of aromatic nitrogens is 3. The molecule has 1 aliphatic heterocycles. The lowest BCUT2D eigenvalue weighted by Crippen LogP contribution is -2.20. The van der Waals surface area contributed by atoms with Crippen molar-refractivity contribution in [3.8, 4) is 22.8 Å². The Morgan fingerprint density at radius 1 is 1.03 bits per heavy atom. The van der Waals surface area contributed by atoms with Crippen LogP contribution in [0.1, 0.15) is 49.3 Å². The first-order chi connectivity index (χ1) is 16.9. The number of benzene rings is 2. The smallest absolute Gasteiger partial charge is 0.258 e. The fourth-order valence-electron chi connectivity index (χ4n) is 4.42. The maximum Gasteiger partial charge on any atom is 0.258 e. The monoisotopic (exact) mass is 471 g/mol. The summed E-state index contributed by atoms with van der Waals surface area (Å²) in [6, 6.07) is 19.1. The molecule has 7 heteroatoms. The summed E-state index contributed by atoms with van der Waals surface area (Å²) in [7, 11) is 0. The highest BCUT2D eigenvalue weighted by atomic mass is 16.5. The van der Waals surface area contributed by atoms with Crippen LogP contribution in [0.3, 0.4) is 0 Å². The molecule has 2 aromatic carbocycles. The van der Waals surface area contributed by atoms with Crippen LogP contribution in [0.25, 0.3) is 22.8 Å². The van der Waals surface area contributed by atoms with Gasteiger partial charge in [-0.25, -0.2) is 0 Å². The first kappa shape index (κ1) is 23.2. The topological polar surface area (TPSA) is 90.4 Å². The summed E-state index contributed by atoms with van der Waals surface area (Å²) in [6.07, 6.45) is 3.83. The van der Waals surface area contributed by atoms with Gasteiger partial charge in [0.05, 0.1) is 12.1 Å². The number of hydrogen-bond acceptors (Lipinski definition) is 6. The number of nitrogens with zero attached hydrogens (tertiary/aromatic N) is 3. The quantitative estimate of drug-likeness (QED) is 0.437. The van der Waals surface area contributed by atoms with Crippen molar-refractivity contribution in [3.05, 3.63) is 93.9 Å². The summed E-state index contributed by atoms with van der Waals surface area (Å²) >= 11 is 0. The van der Waals surface area contributed by atoms with Crippen LogP contribution in [0.15, 0.2) is 76.2 Å². The van der Waals surface area contributed by atoms with Crippen LogP contribution in [-0.2, 0) is 16.9 Å². The first-order valence-corrected chi connectivity index (χ1v) is 11.9. The molecule has 0 amide bonds. The zero-order chi connectivity index (χ0) is 24.4. The second-order valence-electron chi connectivity index (χ2n) is 9.58. The van der Waals surface area contributed by atoms with Crippen LogP contribution < -0.4 is 5.56 Å². The largest absolute Gasteiger partial charge is 0.386 e. The van der Waals surface area contributed by atoms with E-state index >= 15 is 0 Å². The lowest BCUT2D eigenvalue weighted by atomic mass is 9.91. The molecule has 35 heavy (non-hydrogen) atoms. The predicted molar refractivity (Wildman–Crippen MR) is 133 cm³/mol. The van der Waals surface area contributed by atoms with Crippen molar-refractivity contribution in [2.75, 3.05) is 13.2 Å². The van der Waals surface area contributed by atoms with Crippen LogP contribution in [0.4, 0.5) is 0 Å². The molecule has 1 aliphatic rings. The van der Waals surface area contributed by atoms with E-state index in [2.05, 4.69) is 22.3 Å². The molecule has 5 rings (SSSR count). The molecule has 7 nitrogen and oxygen atoms in total. The van der Waals surface area contributed by atoms with E-state index in [0.717, 1.165) is 42.7 Å². The summed E-state index contributed by atoms with van der Waals surface area (Å²) in [5.41, 5.74) is 3.49. The van der Waals surface area contributed by atoms with E-state index < -0.39 is 5.60 Å². The van der Waals surface area contributed by atoms with E-state index in [1.165, 1.54) is 11.6 Å². The molecule has 0 unspecified atom stereocenters. The van der Waals surface area contributed by atoms with Crippen molar-refractivity contribution in [2.45, 2.75) is 44.8 Å². The average molecular weight is 472 g/mol. The van der Waals surface area contributed by atoms with E-state index in [1.807, 2.05) is 36.4 Å². The van der Waals surface area contributed by atoms with Crippen LogP contribution in [0.5, 0.6) is 0 Å². The van der Waals surface area contributed by atoms with Crippen LogP contribution in [0.2, 0.25) is 0 Å². The molecule has 0 saturated carbocycles. The standard InChI is InChI=1S/C28H29N3O4/c1-28(2,33)24-5-3-4-19(16-24)17-31-18-23(10-11-25(31)32)26-29-27(35-30-26)22-8-6-20(7-9-22)21-12-14-34-15-13-21/h3-11,16,18,21,33H,12-15,17H2,1-2H3. The van der Waals surface area contributed by atoms with Crippen molar-refractivity contribution >= 4 is 0 Å². The summed E-state index contributed by atoms with van der Waals surface area (Å²) in [5.74, 6) is 1.39. The molecule has 4 aromatic rings. The maximum atomic E-state index is 12.5. The fraction of sp³-hybridized carbons (Fsp3) is 0.321. The van der Waals surface area contributed by atoms with E-state index in [0.29, 0.717) is 29.7 Å². The Bertz CT molecular complexity index is 1360. The number of rotatable bonds is 6. The fourth-order valence-corrected chi connectivity index (χ4v) is 4.42. The average Bonchev–Trinajstić information content (AvgIpc) is 3.36. The minimum absolute atomic E-state index is 0.130. The van der Waals surface area contributed by atoms with E-state index in [9.17, 15) is 9.90 Å². The molecule has 0 radical (unpaired) electrons. The Morgan fingerprint density at radius 2 is 1.77 bits per heavy atom. The summed E-state index contributed by atoms with van der Waals surface area (Å²) in [4.78, 5) is 17.1. The summed E-state index contributed by atoms with van der Waals surface area (Å²) in [6.45, 7) is 5.48. The third-order valence-corrected chi connectivity index (χ3v) is 6.50. The van der Waals surface area contributed by atoms with Crippen molar-refractivity contribution in [1.82, 2.24) is 14.7 Å². The highest BCUT2D eigenvalue weighted by Crippen LogP contribution is 2.29. The van der Waals surface area contributed by atoms with Crippen LogP contribution in [-0.4, -0.2) is 33.0 Å². The molecular weight excluding hydrogens is 442 g/mol. The van der Waals surface area contributed by atoms with Crippen molar-refractivity contribution in [1.29, 1.82) is 0 Å². The lowest BCUT2D eigenvalue weighted by molar-refractivity contribution is 0.0785. The molecule has 0 spiro atoms. The Labute approximate surface area is 204 Å². The first-order valence-electron chi connectivity index (χ1n) is 11.9. The van der Waals surface area contributed by atoms with Crippen LogP contribution in [0, 0.1) is 0 Å². The SMILES string of the molecule is CC(C)(O)c1cccc(Cn2cc(-c3noc(-c4ccc(C5CCOCC5)cc4)n3)ccc2=O)c1. The van der Waals surface area contributed by atoms with Crippen molar-refractivity contribution < 1.29 is 14.4 Å². The summed E-state index contributed by atoms with van der Waals surface area (Å²) < 4.78 is 12.6. The van der Waals surface area contributed by atoms with Gasteiger partial charge in [-0.2, -0.15) is 4.98 Å². The van der Waals surface area contributed by atoms with Gasteiger partial charge in [-0.15, -0.1) is 0 Å². The Balaban J connectivity index is 1.36. The molecule has 3 heterocycles. The normalized spacial score (nSPS) is 14.8. The third-order valence-electron chi connectivity index (χ3n) is 6.50. The molecular formula is C28H29N3O4. The number of pyridine rings is 1. The van der Waals surface area contributed by atoms with Gasteiger partial charge < -0.3 is 18.9 Å². The van der Waals surface area contributed by atoms with Gasteiger partial charge in [0.15, 0.2) is 0 Å². The Morgan fingerprint density at radius 3 is 2.51 bits per heavy atom. The van der Waals surface area contributed by atoms with Gasteiger partial charge in [-0.1, -0.05) is 41.6 Å². The molecule has 180 valence electrons. The highest BCUT2D eigenvalue weighted by molar-refractivity contribution is 5.59. The second-order valence-corrected chi connectivity index (χ2v) is 9.58. The summed E-state index contributed by atoms with van der Waals surface area (Å²) in [5, 5.41) is 14.5. The molecule has 1 fully saturated rings. The number of aliphatic hydroxyl groups is 1. The number of hydrogen-bond donors (Lipinski definition) is 1. The van der Waals surface area contributed by atoms with E-state index in [1.54, 1.807) is 30.7 Å². The highest BCUT2D eigenvalue weighted by Gasteiger charge is 2.18. The van der Waals surface area contributed by atoms with Gasteiger partial charge in [-0.05, 0) is 67.5 Å². The van der Waals surface area contributed by atoms with Gasteiger partial charge in [0.25, 0.3) is 11.4 Å². The molecule has 2 aromatic heterocycles. The van der Waals surface area contributed by atoms with Gasteiger partial charge in [0.1, 0.15) is 0 Å². The third kappa shape index (κ3) is 5.26. The van der Waals surface area contributed by atoms with E-state index in [-0.39, 0.29) is 5.56 Å². The van der Waals surface area contributed by atoms with Gasteiger partial charge in [-0.3, -0.25) is 4.79 Å². The van der Waals surface area contributed by atoms with Gasteiger partial charge >= 0.3 is 0 Å².